The van der Waals surface area contributed by atoms with Crippen molar-refractivity contribution in [2.24, 2.45) is 0 Å². The Balaban J connectivity index is 2.06. The molecule has 0 unspecified atom stereocenters. The Hall–Kier alpha value is -1.74. The van der Waals surface area contributed by atoms with Gasteiger partial charge in [-0.3, -0.25) is 0 Å². The van der Waals surface area contributed by atoms with Crippen LogP contribution in [0.15, 0.2) is 58.3 Å². The molecule has 0 bridgehead atoms. The van der Waals surface area contributed by atoms with Gasteiger partial charge in [-0.05, 0) is 48.2 Å². The van der Waals surface area contributed by atoms with Crippen LogP contribution < -0.4 is 0 Å². The normalized spacial score (nSPS) is 12.7. The van der Waals surface area contributed by atoms with Crippen molar-refractivity contribution in [1.29, 1.82) is 0 Å². The second kappa shape index (κ2) is 7.87. The van der Waals surface area contributed by atoms with E-state index in [0.717, 1.165) is 24.0 Å². The van der Waals surface area contributed by atoms with Crippen LogP contribution in [0.2, 0.25) is 0 Å². The first-order valence-corrected chi connectivity index (χ1v) is 11.0. The first-order valence-electron chi connectivity index (χ1n) is 8.08. The summed E-state index contributed by atoms with van der Waals surface area (Å²) in [5, 5.41) is 0. The highest BCUT2D eigenvalue weighted by Crippen LogP contribution is 2.17. The third-order valence-electron chi connectivity index (χ3n) is 4.11. The molecule has 0 heterocycles. The van der Waals surface area contributed by atoms with Gasteiger partial charge in [-0.1, -0.05) is 24.3 Å². The summed E-state index contributed by atoms with van der Waals surface area (Å²) in [4.78, 5) is 0.536. The zero-order valence-corrected chi connectivity index (χ0v) is 17.0. The fourth-order valence-electron chi connectivity index (χ4n) is 2.37. The highest BCUT2D eigenvalue weighted by Gasteiger charge is 2.17. The molecule has 0 atom stereocenters. The molecular formula is C18H24N2O4S2. The average molecular weight is 397 g/mol. The van der Waals surface area contributed by atoms with Gasteiger partial charge in [0, 0.05) is 28.2 Å². The second-order valence-corrected chi connectivity index (χ2v) is 10.7. The number of hydrogen-bond donors (Lipinski definition) is 0. The number of nitrogens with zero attached hydrogens (tertiary/aromatic N) is 2. The van der Waals surface area contributed by atoms with Crippen molar-refractivity contribution < 1.29 is 16.8 Å². The molecule has 2 aromatic carbocycles. The van der Waals surface area contributed by atoms with Gasteiger partial charge in [-0.2, -0.15) is 0 Å². The van der Waals surface area contributed by atoms with E-state index >= 15 is 0 Å². The van der Waals surface area contributed by atoms with Crippen LogP contribution in [0.25, 0.3) is 0 Å². The summed E-state index contributed by atoms with van der Waals surface area (Å²) >= 11 is 0. The Morgan fingerprint density at radius 3 is 1.08 bits per heavy atom. The molecule has 6 nitrogen and oxygen atoms in total. The van der Waals surface area contributed by atoms with Crippen LogP contribution in [-0.2, 0) is 32.9 Å². The van der Waals surface area contributed by atoms with Crippen molar-refractivity contribution in [2.75, 3.05) is 28.2 Å². The van der Waals surface area contributed by atoms with Crippen LogP contribution >= 0.6 is 0 Å². The predicted molar refractivity (Wildman–Crippen MR) is 102 cm³/mol. The first kappa shape index (κ1) is 20.6. The standard InChI is InChI=1S/C18H24N2O4S2/c1-19(2)25(21,22)17-11-7-15(8-12-17)5-6-16-9-13-18(14-10-16)26(23,24)20(3)4/h7-14H,5-6H2,1-4H3. The van der Waals surface area contributed by atoms with Gasteiger partial charge in [-0.15, -0.1) is 0 Å². The van der Waals surface area contributed by atoms with Crippen molar-refractivity contribution in [2.45, 2.75) is 22.6 Å². The minimum Gasteiger partial charge on any atom is -0.207 e. The molecule has 2 rings (SSSR count). The van der Waals surface area contributed by atoms with Crippen LogP contribution in [0.5, 0.6) is 0 Å². The number of aryl methyl sites for hydroxylation is 2. The van der Waals surface area contributed by atoms with E-state index in [1.807, 2.05) is 0 Å². The van der Waals surface area contributed by atoms with Crippen molar-refractivity contribution >= 4 is 20.0 Å². The average Bonchev–Trinajstić information content (AvgIpc) is 2.60. The molecule has 0 spiro atoms. The quantitative estimate of drug-likeness (QED) is 0.717. The van der Waals surface area contributed by atoms with Gasteiger partial charge >= 0.3 is 0 Å². The van der Waals surface area contributed by atoms with Gasteiger partial charge in [0.25, 0.3) is 0 Å². The van der Waals surface area contributed by atoms with Crippen molar-refractivity contribution in [3.8, 4) is 0 Å². The summed E-state index contributed by atoms with van der Waals surface area (Å²) in [6, 6.07) is 13.7. The summed E-state index contributed by atoms with van der Waals surface area (Å²) in [6.07, 6.45) is 1.48. The molecule has 0 N–H and O–H groups in total. The number of rotatable bonds is 7. The zero-order valence-electron chi connectivity index (χ0n) is 15.4. The largest absolute Gasteiger partial charge is 0.242 e. The molecule has 2 aromatic rings. The molecule has 0 saturated heterocycles. The van der Waals surface area contributed by atoms with E-state index in [1.54, 1.807) is 48.5 Å². The number of benzene rings is 2. The minimum atomic E-state index is -3.41. The monoisotopic (exact) mass is 396 g/mol. The molecule has 0 aromatic heterocycles. The lowest BCUT2D eigenvalue weighted by molar-refractivity contribution is 0.519. The van der Waals surface area contributed by atoms with Crippen LogP contribution in [-0.4, -0.2) is 53.6 Å². The maximum absolute atomic E-state index is 12.1. The lowest BCUT2D eigenvalue weighted by atomic mass is 10.0. The molecule has 0 radical (unpaired) electrons. The summed E-state index contributed by atoms with van der Waals surface area (Å²) in [5.74, 6) is 0. The number of sulfonamides is 2. The van der Waals surface area contributed by atoms with Gasteiger partial charge < -0.3 is 0 Å². The highest BCUT2D eigenvalue weighted by molar-refractivity contribution is 7.89. The van der Waals surface area contributed by atoms with E-state index in [0.29, 0.717) is 0 Å². The van der Waals surface area contributed by atoms with E-state index in [2.05, 4.69) is 0 Å². The maximum Gasteiger partial charge on any atom is 0.242 e. The fourth-order valence-corrected chi connectivity index (χ4v) is 4.17. The van der Waals surface area contributed by atoms with Crippen molar-refractivity contribution in [3.05, 3.63) is 59.7 Å². The molecule has 0 amide bonds. The van der Waals surface area contributed by atoms with Gasteiger partial charge in [0.15, 0.2) is 0 Å². The fraction of sp³-hybridized carbons (Fsp3) is 0.333. The number of hydrogen-bond acceptors (Lipinski definition) is 4. The highest BCUT2D eigenvalue weighted by atomic mass is 32.2. The molecule has 0 aliphatic carbocycles. The summed E-state index contributed by atoms with van der Waals surface area (Å²) in [7, 11) is -0.815. The maximum atomic E-state index is 12.1. The molecule has 8 heteroatoms. The Morgan fingerprint density at radius 1 is 0.577 bits per heavy atom. The van der Waals surface area contributed by atoms with Crippen molar-refractivity contribution in [3.63, 3.8) is 0 Å². The Bertz CT molecular complexity index is 866. The Labute approximate surface area is 156 Å². The second-order valence-electron chi connectivity index (χ2n) is 6.36. The smallest absolute Gasteiger partial charge is 0.207 e. The van der Waals surface area contributed by atoms with Crippen LogP contribution in [0, 0.1) is 0 Å². The molecule has 0 aliphatic heterocycles. The Kier molecular flexibility index (Phi) is 6.23. The van der Waals surface area contributed by atoms with Gasteiger partial charge in [0.2, 0.25) is 20.0 Å². The van der Waals surface area contributed by atoms with Gasteiger partial charge in [0.05, 0.1) is 9.79 Å². The van der Waals surface area contributed by atoms with Gasteiger partial charge in [0.1, 0.15) is 0 Å². The van der Waals surface area contributed by atoms with Gasteiger partial charge in [-0.25, -0.2) is 25.4 Å². The SMILES string of the molecule is CN(C)S(=O)(=O)c1ccc(CCc2ccc(S(=O)(=O)N(C)C)cc2)cc1. The van der Waals surface area contributed by atoms with Crippen LogP contribution in [0.1, 0.15) is 11.1 Å². The predicted octanol–water partition coefficient (Wildman–Crippen LogP) is 1.97. The molecule has 26 heavy (non-hydrogen) atoms. The van der Waals surface area contributed by atoms with Crippen LogP contribution in [0.3, 0.4) is 0 Å². The van der Waals surface area contributed by atoms with Crippen molar-refractivity contribution in [1.82, 2.24) is 8.61 Å². The van der Waals surface area contributed by atoms with E-state index in [1.165, 1.54) is 36.8 Å². The van der Waals surface area contributed by atoms with Crippen LogP contribution in [0.4, 0.5) is 0 Å². The van der Waals surface area contributed by atoms with E-state index in [-0.39, 0.29) is 9.79 Å². The third-order valence-corrected chi connectivity index (χ3v) is 7.76. The molecule has 0 fully saturated rings. The first-order chi connectivity index (χ1) is 12.0. The Morgan fingerprint density at radius 2 is 0.846 bits per heavy atom. The minimum absolute atomic E-state index is 0.268. The van der Waals surface area contributed by atoms with E-state index < -0.39 is 20.0 Å². The zero-order chi connectivity index (χ0) is 19.5. The van der Waals surface area contributed by atoms with E-state index in [9.17, 15) is 16.8 Å². The molecular weight excluding hydrogens is 372 g/mol. The topological polar surface area (TPSA) is 74.8 Å². The summed E-state index contributed by atoms with van der Waals surface area (Å²) in [6.45, 7) is 0. The lowest BCUT2D eigenvalue weighted by Gasteiger charge is -2.12. The van der Waals surface area contributed by atoms with E-state index in [4.69, 9.17) is 0 Å². The lowest BCUT2D eigenvalue weighted by Crippen LogP contribution is -2.22. The summed E-state index contributed by atoms with van der Waals surface area (Å²) in [5.41, 5.74) is 2.04. The third kappa shape index (κ3) is 4.50. The molecule has 142 valence electrons. The molecule has 0 aliphatic rings. The summed E-state index contributed by atoms with van der Waals surface area (Å²) < 4.78 is 50.6. The molecule has 0 saturated carbocycles.